The second-order valence-corrected chi connectivity index (χ2v) is 16.5. The first-order valence-corrected chi connectivity index (χ1v) is 22.0. The predicted molar refractivity (Wildman–Crippen MR) is 272 cm³/mol. The van der Waals surface area contributed by atoms with E-state index in [-0.39, 0.29) is 0 Å². The van der Waals surface area contributed by atoms with E-state index in [1.807, 2.05) is 0 Å². The Labute approximate surface area is 373 Å². The molecule has 0 aliphatic rings. The Kier molecular flexibility index (Phi) is 9.20. The van der Waals surface area contributed by atoms with E-state index in [0.29, 0.717) is 0 Å². The molecule has 2 heteroatoms. The molecule has 0 bridgehead atoms. The van der Waals surface area contributed by atoms with Gasteiger partial charge in [-0.2, -0.15) is 0 Å². The molecule has 300 valence electrons. The number of aromatic nitrogens is 1. The molecule has 0 N–H and O–H groups in total. The molecular weight excluding hydrogens is 773 g/mol. The maximum Gasteiger partial charge on any atom is 0.0547 e. The van der Waals surface area contributed by atoms with Crippen LogP contribution in [0.3, 0.4) is 0 Å². The molecule has 0 aliphatic heterocycles. The van der Waals surface area contributed by atoms with Crippen LogP contribution in [0.4, 0.5) is 17.1 Å². The third kappa shape index (κ3) is 6.52. The molecule has 0 aliphatic carbocycles. The summed E-state index contributed by atoms with van der Waals surface area (Å²) < 4.78 is 2.39. The van der Waals surface area contributed by atoms with Gasteiger partial charge in [-0.1, -0.05) is 188 Å². The van der Waals surface area contributed by atoms with E-state index < -0.39 is 0 Å². The molecule has 0 spiro atoms. The molecule has 0 amide bonds. The average molecular weight is 815 g/mol. The fourth-order valence-electron chi connectivity index (χ4n) is 9.79. The van der Waals surface area contributed by atoms with Crippen molar-refractivity contribution >= 4 is 60.4 Å². The van der Waals surface area contributed by atoms with Gasteiger partial charge in [0.05, 0.1) is 11.0 Å². The molecule has 2 nitrogen and oxygen atoms in total. The highest BCUT2D eigenvalue weighted by Crippen LogP contribution is 2.42. The second-order valence-electron chi connectivity index (χ2n) is 16.5. The monoisotopic (exact) mass is 814 g/mol. The van der Waals surface area contributed by atoms with Gasteiger partial charge in [0.2, 0.25) is 0 Å². The number of para-hydroxylation sites is 2. The summed E-state index contributed by atoms with van der Waals surface area (Å²) in [6.45, 7) is 0. The van der Waals surface area contributed by atoms with Crippen LogP contribution in [0.5, 0.6) is 0 Å². The lowest BCUT2D eigenvalue weighted by Crippen LogP contribution is -2.10. The molecule has 0 atom stereocenters. The van der Waals surface area contributed by atoms with Gasteiger partial charge in [0.15, 0.2) is 0 Å². The summed E-state index contributed by atoms with van der Waals surface area (Å²) in [7, 11) is 0. The topological polar surface area (TPSA) is 8.17 Å². The number of rotatable bonds is 8. The van der Waals surface area contributed by atoms with E-state index in [2.05, 4.69) is 264 Å². The van der Waals surface area contributed by atoms with Crippen molar-refractivity contribution in [3.05, 3.63) is 255 Å². The summed E-state index contributed by atoms with van der Waals surface area (Å²) in [5, 5.41) is 7.51. The smallest absolute Gasteiger partial charge is 0.0547 e. The van der Waals surface area contributed by atoms with Gasteiger partial charge in [-0.3, -0.25) is 0 Å². The molecule has 11 aromatic carbocycles. The standard InChI is InChI=1S/C62H42N2/c1-2-22-50(23-3-1)64-60-31-9-8-27-59(60)62-58(30-14-32-61(62)64)49-21-10-19-47(41-49)48-20-11-24-53(42-48)63(51-37-33-45(34-38-51)56-28-12-17-43-15-4-6-25-54(43)56)52-39-35-46(36-40-52)57-29-13-18-44-16-5-7-26-55(44)57/h1-42H. The lowest BCUT2D eigenvalue weighted by atomic mass is 9.95. The first kappa shape index (κ1) is 37.3. The van der Waals surface area contributed by atoms with Crippen LogP contribution in [0.2, 0.25) is 0 Å². The summed E-state index contributed by atoms with van der Waals surface area (Å²) in [6.07, 6.45) is 0. The van der Waals surface area contributed by atoms with Crippen LogP contribution in [0.1, 0.15) is 0 Å². The molecule has 0 saturated carbocycles. The maximum atomic E-state index is 2.39. The minimum Gasteiger partial charge on any atom is -0.310 e. The summed E-state index contributed by atoms with van der Waals surface area (Å²) in [6, 6.07) is 92.6. The predicted octanol–water partition coefficient (Wildman–Crippen LogP) is 17.2. The van der Waals surface area contributed by atoms with E-state index in [9.17, 15) is 0 Å². The zero-order chi connectivity index (χ0) is 42.4. The van der Waals surface area contributed by atoms with E-state index in [0.717, 1.165) is 28.3 Å². The Morgan fingerprint density at radius 3 is 1.39 bits per heavy atom. The van der Waals surface area contributed by atoms with Gasteiger partial charge < -0.3 is 9.47 Å². The van der Waals surface area contributed by atoms with Crippen molar-refractivity contribution in [1.29, 1.82) is 0 Å². The normalized spacial score (nSPS) is 11.4. The second kappa shape index (κ2) is 15.8. The Morgan fingerprint density at radius 1 is 0.266 bits per heavy atom. The largest absolute Gasteiger partial charge is 0.310 e. The number of fused-ring (bicyclic) bond motifs is 5. The third-order valence-electron chi connectivity index (χ3n) is 12.8. The van der Waals surface area contributed by atoms with E-state index in [1.165, 1.54) is 82.3 Å². The minimum atomic E-state index is 1.09. The molecule has 0 unspecified atom stereocenters. The van der Waals surface area contributed by atoms with Gasteiger partial charge in [0.1, 0.15) is 0 Å². The Hall–Kier alpha value is -8.46. The van der Waals surface area contributed by atoms with Gasteiger partial charge in [0.25, 0.3) is 0 Å². The van der Waals surface area contributed by atoms with Crippen molar-refractivity contribution in [3.8, 4) is 50.2 Å². The summed E-state index contributed by atoms with van der Waals surface area (Å²) >= 11 is 0. The van der Waals surface area contributed by atoms with Crippen molar-refractivity contribution in [2.75, 3.05) is 4.90 Å². The van der Waals surface area contributed by atoms with Gasteiger partial charge in [-0.25, -0.2) is 0 Å². The fraction of sp³-hybridized carbons (Fsp3) is 0. The number of hydrogen-bond acceptors (Lipinski definition) is 1. The molecule has 64 heavy (non-hydrogen) atoms. The third-order valence-corrected chi connectivity index (χ3v) is 12.8. The fourth-order valence-corrected chi connectivity index (χ4v) is 9.79. The first-order valence-electron chi connectivity index (χ1n) is 22.0. The van der Waals surface area contributed by atoms with Crippen molar-refractivity contribution in [3.63, 3.8) is 0 Å². The highest BCUT2D eigenvalue weighted by Gasteiger charge is 2.18. The number of nitrogens with zero attached hydrogens (tertiary/aromatic N) is 2. The molecule has 0 radical (unpaired) electrons. The van der Waals surface area contributed by atoms with Crippen LogP contribution in [0.15, 0.2) is 255 Å². The Morgan fingerprint density at radius 2 is 0.734 bits per heavy atom. The van der Waals surface area contributed by atoms with Crippen molar-refractivity contribution < 1.29 is 0 Å². The summed E-state index contributed by atoms with van der Waals surface area (Å²) in [5.74, 6) is 0. The molecular formula is C62H42N2. The number of benzene rings is 11. The zero-order valence-electron chi connectivity index (χ0n) is 35.1. The highest BCUT2D eigenvalue weighted by molar-refractivity contribution is 6.16. The first-order chi connectivity index (χ1) is 31.7. The summed E-state index contributed by atoms with van der Waals surface area (Å²) in [4.78, 5) is 2.38. The molecule has 12 rings (SSSR count). The van der Waals surface area contributed by atoms with Crippen LogP contribution < -0.4 is 4.90 Å². The van der Waals surface area contributed by atoms with Gasteiger partial charge >= 0.3 is 0 Å². The van der Waals surface area contributed by atoms with Crippen LogP contribution in [0.25, 0.3) is 93.5 Å². The van der Waals surface area contributed by atoms with Crippen LogP contribution in [0, 0.1) is 0 Å². The molecule has 1 aromatic heterocycles. The molecule has 12 aromatic rings. The van der Waals surface area contributed by atoms with Crippen molar-refractivity contribution in [1.82, 2.24) is 4.57 Å². The number of anilines is 3. The van der Waals surface area contributed by atoms with E-state index in [1.54, 1.807) is 0 Å². The quantitative estimate of drug-likeness (QED) is 0.148. The van der Waals surface area contributed by atoms with Crippen LogP contribution in [-0.2, 0) is 0 Å². The van der Waals surface area contributed by atoms with Crippen LogP contribution >= 0.6 is 0 Å². The van der Waals surface area contributed by atoms with Gasteiger partial charge in [0, 0.05) is 33.5 Å². The molecule has 1 heterocycles. The Bertz CT molecular complexity index is 3520. The maximum absolute atomic E-state index is 2.39. The lowest BCUT2D eigenvalue weighted by Gasteiger charge is -2.26. The van der Waals surface area contributed by atoms with E-state index in [4.69, 9.17) is 0 Å². The average Bonchev–Trinajstić information content (AvgIpc) is 3.72. The van der Waals surface area contributed by atoms with Gasteiger partial charge in [-0.05, 0) is 133 Å². The minimum absolute atomic E-state index is 1.09. The lowest BCUT2D eigenvalue weighted by molar-refractivity contribution is 1.18. The zero-order valence-corrected chi connectivity index (χ0v) is 35.1. The van der Waals surface area contributed by atoms with E-state index >= 15 is 0 Å². The number of hydrogen-bond donors (Lipinski definition) is 0. The van der Waals surface area contributed by atoms with Gasteiger partial charge in [-0.15, -0.1) is 0 Å². The summed E-state index contributed by atoms with van der Waals surface area (Å²) in [5.41, 5.74) is 16.4. The van der Waals surface area contributed by atoms with Crippen molar-refractivity contribution in [2.24, 2.45) is 0 Å². The SMILES string of the molecule is c1ccc(-n2c3ccccc3c3c(-c4cccc(-c5cccc(N(c6ccc(-c7cccc8ccccc78)cc6)c6ccc(-c7cccc8ccccc78)cc6)c5)c4)cccc32)cc1. The van der Waals surface area contributed by atoms with Crippen molar-refractivity contribution in [2.45, 2.75) is 0 Å². The molecule has 0 saturated heterocycles. The van der Waals surface area contributed by atoms with Crippen LogP contribution in [-0.4, -0.2) is 4.57 Å². The molecule has 0 fully saturated rings. The Balaban J connectivity index is 0.961. The highest BCUT2D eigenvalue weighted by atomic mass is 15.1.